The summed E-state index contributed by atoms with van der Waals surface area (Å²) in [6.45, 7) is 0. The molecule has 0 aliphatic rings. The van der Waals surface area contributed by atoms with Crippen LogP contribution in [0.5, 0.6) is 0 Å². The smallest absolute Gasteiger partial charge is 0.274 e. The van der Waals surface area contributed by atoms with Crippen LogP contribution < -0.4 is 10.6 Å². The monoisotopic (exact) mass is 473 g/mol. The van der Waals surface area contributed by atoms with Crippen molar-refractivity contribution < 1.29 is 9.59 Å². The average Bonchev–Trinajstić information content (AvgIpc) is 2.65. The number of hydrogen-bond acceptors (Lipinski definition) is 3. The number of benzene rings is 2. The van der Waals surface area contributed by atoms with Gasteiger partial charge in [-0.1, -0.05) is 24.3 Å². The molecule has 7 heteroatoms. The first-order valence-corrected chi connectivity index (χ1v) is 9.21. The molecule has 26 heavy (non-hydrogen) atoms. The van der Waals surface area contributed by atoms with Gasteiger partial charge in [-0.05, 0) is 68.3 Å². The number of pyridine rings is 1. The third-order valence-electron chi connectivity index (χ3n) is 3.50. The minimum absolute atomic E-state index is 0.221. The summed E-state index contributed by atoms with van der Waals surface area (Å²) in [4.78, 5) is 28.7. The maximum Gasteiger partial charge on any atom is 0.274 e. The van der Waals surface area contributed by atoms with Gasteiger partial charge in [-0.3, -0.25) is 14.6 Å². The van der Waals surface area contributed by atoms with E-state index in [4.69, 9.17) is 0 Å². The zero-order chi connectivity index (χ0) is 18.5. The van der Waals surface area contributed by atoms with Crippen LogP contribution in [-0.2, 0) is 0 Å². The topological polar surface area (TPSA) is 71.1 Å². The molecule has 3 aromatic rings. The first-order valence-electron chi connectivity index (χ1n) is 7.62. The van der Waals surface area contributed by atoms with E-state index in [-0.39, 0.29) is 17.5 Å². The van der Waals surface area contributed by atoms with Crippen molar-refractivity contribution in [1.29, 1.82) is 0 Å². The minimum Gasteiger partial charge on any atom is -0.321 e. The van der Waals surface area contributed by atoms with Crippen LogP contribution in [0.25, 0.3) is 0 Å². The third-order valence-corrected chi connectivity index (χ3v) is 4.89. The largest absolute Gasteiger partial charge is 0.321 e. The summed E-state index contributed by atoms with van der Waals surface area (Å²) < 4.78 is 1.56. The number of nitrogens with one attached hydrogen (secondary N) is 2. The Hall–Kier alpha value is -2.51. The van der Waals surface area contributed by atoms with E-state index in [1.165, 1.54) is 12.3 Å². The Morgan fingerprint density at radius 3 is 1.77 bits per heavy atom. The fourth-order valence-electron chi connectivity index (χ4n) is 2.17. The van der Waals surface area contributed by atoms with Crippen LogP contribution in [0.4, 0.5) is 11.4 Å². The predicted molar refractivity (Wildman–Crippen MR) is 108 cm³/mol. The average molecular weight is 475 g/mol. The summed E-state index contributed by atoms with van der Waals surface area (Å²) in [6, 6.07) is 17.7. The predicted octanol–water partition coefficient (Wildman–Crippen LogP) is 5.11. The summed E-state index contributed by atoms with van der Waals surface area (Å²) in [5, 5.41) is 5.56. The van der Waals surface area contributed by atoms with Crippen LogP contribution in [0.1, 0.15) is 20.8 Å². The zero-order valence-corrected chi connectivity index (χ0v) is 16.5. The minimum atomic E-state index is -0.352. The van der Waals surface area contributed by atoms with Gasteiger partial charge >= 0.3 is 0 Å². The van der Waals surface area contributed by atoms with E-state index >= 15 is 0 Å². The number of amides is 2. The second kappa shape index (κ2) is 8.25. The van der Waals surface area contributed by atoms with Crippen LogP contribution in [0.15, 0.2) is 75.8 Å². The first kappa shape index (κ1) is 18.3. The van der Waals surface area contributed by atoms with Gasteiger partial charge in [0.05, 0.1) is 16.9 Å². The molecule has 2 N–H and O–H groups in total. The molecule has 130 valence electrons. The Morgan fingerprint density at radius 1 is 0.731 bits per heavy atom. The van der Waals surface area contributed by atoms with Crippen LogP contribution in [0.3, 0.4) is 0 Å². The Kier molecular flexibility index (Phi) is 5.80. The molecule has 0 atom stereocenters. The lowest BCUT2D eigenvalue weighted by molar-refractivity contribution is 0.101. The van der Waals surface area contributed by atoms with E-state index in [1.54, 1.807) is 18.2 Å². The maximum absolute atomic E-state index is 12.3. The molecule has 1 aromatic heterocycles. The van der Waals surface area contributed by atoms with Crippen molar-refractivity contribution in [3.63, 3.8) is 0 Å². The maximum atomic E-state index is 12.3. The fraction of sp³-hybridized carbons (Fsp3) is 0. The van der Waals surface area contributed by atoms with E-state index in [1.807, 2.05) is 36.4 Å². The molecule has 0 saturated carbocycles. The van der Waals surface area contributed by atoms with Gasteiger partial charge in [0.1, 0.15) is 5.69 Å². The van der Waals surface area contributed by atoms with Gasteiger partial charge < -0.3 is 10.6 Å². The van der Waals surface area contributed by atoms with Crippen molar-refractivity contribution in [2.75, 3.05) is 10.6 Å². The SMILES string of the molecule is O=C(Nc1ccccc1Br)c1ccc(C(=O)Nc2ccccc2Br)nc1. The van der Waals surface area contributed by atoms with Crippen molar-refractivity contribution in [3.8, 4) is 0 Å². The van der Waals surface area contributed by atoms with Crippen molar-refractivity contribution in [1.82, 2.24) is 4.98 Å². The molecule has 3 rings (SSSR count). The van der Waals surface area contributed by atoms with Gasteiger partial charge in [0, 0.05) is 15.1 Å². The summed E-state index contributed by atoms with van der Waals surface area (Å²) in [6.07, 6.45) is 1.38. The molecule has 0 aliphatic heterocycles. The molecule has 2 aromatic carbocycles. The number of anilines is 2. The van der Waals surface area contributed by atoms with Gasteiger partial charge in [-0.15, -0.1) is 0 Å². The summed E-state index contributed by atoms with van der Waals surface area (Å²) in [7, 11) is 0. The van der Waals surface area contributed by atoms with Crippen LogP contribution >= 0.6 is 31.9 Å². The molecule has 1 heterocycles. The van der Waals surface area contributed by atoms with E-state index in [0.29, 0.717) is 16.9 Å². The van der Waals surface area contributed by atoms with Crippen molar-refractivity contribution in [3.05, 3.63) is 87.1 Å². The first-order chi connectivity index (χ1) is 12.5. The zero-order valence-electron chi connectivity index (χ0n) is 13.4. The Bertz CT molecular complexity index is 881. The van der Waals surface area contributed by atoms with Crippen molar-refractivity contribution >= 4 is 55.0 Å². The summed E-state index contributed by atoms with van der Waals surface area (Å²) >= 11 is 6.75. The van der Waals surface area contributed by atoms with Crippen LogP contribution in [0.2, 0.25) is 0 Å². The third kappa shape index (κ3) is 4.36. The second-order valence-electron chi connectivity index (χ2n) is 5.30. The van der Waals surface area contributed by atoms with Gasteiger partial charge in [0.25, 0.3) is 11.8 Å². The number of hydrogen-bond donors (Lipinski definition) is 2. The molecular weight excluding hydrogens is 462 g/mol. The summed E-state index contributed by atoms with van der Waals surface area (Å²) in [5.74, 6) is -0.656. The number of aromatic nitrogens is 1. The van der Waals surface area contributed by atoms with Crippen molar-refractivity contribution in [2.45, 2.75) is 0 Å². The molecule has 0 bridgehead atoms. The molecule has 0 fully saturated rings. The highest BCUT2D eigenvalue weighted by molar-refractivity contribution is 9.11. The van der Waals surface area contributed by atoms with E-state index in [0.717, 1.165) is 8.95 Å². The molecule has 0 aliphatic carbocycles. The lowest BCUT2D eigenvalue weighted by Gasteiger charge is -2.08. The number of rotatable bonds is 4. The van der Waals surface area contributed by atoms with Crippen molar-refractivity contribution in [2.24, 2.45) is 0 Å². The van der Waals surface area contributed by atoms with Gasteiger partial charge in [-0.25, -0.2) is 0 Å². The number of carbonyl (C=O) groups excluding carboxylic acids is 2. The highest BCUT2D eigenvalue weighted by Gasteiger charge is 2.12. The molecule has 0 spiro atoms. The molecule has 0 unspecified atom stereocenters. The van der Waals surface area contributed by atoms with Gasteiger partial charge in [0.15, 0.2) is 0 Å². The number of carbonyl (C=O) groups is 2. The Labute approximate surface area is 167 Å². The van der Waals surface area contributed by atoms with Crippen LogP contribution in [-0.4, -0.2) is 16.8 Å². The Balaban J connectivity index is 1.70. The van der Waals surface area contributed by atoms with Gasteiger partial charge in [0.2, 0.25) is 0 Å². The standard InChI is InChI=1S/C19H13Br2N3O2/c20-13-5-1-3-7-15(13)23-18(25)12-9-10-17(22-11-12)19(26)24-16-8-4-2-6-14(16)21/h1-11H,(H,23,25)(H,24,26). The lowest BCUT2D eigenvalue weighted by Crippen LogP contribution is -2.16. The highest BCUT2D eigenvalue weighted by atomic mass is 79.9. The highest BCUT2D eigenvalue weighted by Crippen LogP contribution is 2.23. The Morgan fingerprint density at radius 2 is 1.27 bits per heavy atom. The lowest BCUT2D eigenvalue weighted by atomic mass is 10.2. The summed E-state index contributed by atoms with van der Waals surface area (Å²) in [5.41, 5.74) is 1.89. The molecular formula is C19H13Br2N3O2. The van der Waals surface area contributed by atoms with E-state index in [9.17, 15) is 9.59 Å². The van der Waals surface area contributed by atoms with E-state index in [2.05, 4.69) is 47.5 Å². The van der Waals surface area contributed by atoms with Crippen LogP contribution in [0, 0.1) is 0 Å². The normalized spacial score (nSPS) is 10.2. The fourth-order valence-corrected chi connectivity index (χ4v) is 2.94. The number of para-hydroxylation sites is 2. The quantitative estimate of drug-likeness (QED) is 0.551. The molecule has 0 saturated heterocycles. The van der Waals surface area contributed by atoms with Gasteiger partial charge in [-0.2, -0.15) is 0 Å². The molecule has 0 radical (unpaired) electrons. The number of halogens is 2. The second-order valence-corrected chi connectivity index (χ2v) is 7.01. The molecule has 5 nitrogen and oxygen atoms in total. The molecule has 2 amide bonds. The number of nitrogens with zero attached hydrogens (tertiary/aromatic N) is 1. The van der Waals surface area contributed by atoms with E-state index < -0.39 is 0 Å².